The van der Waals surface area contributed by atoms with Crippen molar-refractivity contribution in [3.8, 4) is 5.75 Å². The summed E-state index contributed by atoms with van der Waals surface area (Å²) in [5, 5.41) is 3.18. The molecule has 0 aliphatic carbocycles. The van der Waals surface area contributed by atoms with Crippen molar-refractivity contribution in [1.82, 2.24) is 5.32 Å². The maximum absolute atomic E-state index is 5.35. The molecule has 0 spiro atoms. The van der Waals surface area contributed by atoms with E-state index in [2.05, 4.69) is 43.2 Å². The molecule has 0 atom stereocenters. The summed E-state index contributed by atoms with van der Waals surface area (Å²) in [6.07, 6.45) is 2.43. The van der Waals surface area contributed by atoms with Gasteiger partial charge >= 0.3 is 0 Å². The summed E-state index contributed by atoms with van der Waals surface area (Å²) in [5.74, 6) is 0.972. The highest BCUT2D eigenvalue weighted by molar-refractivity contribution is 5.59. The molecule has 1 rings (SSSR count). The van der Waals surface area contributed by atoms with Gasteiger partial charge in [0.1, 0.15) is 5.75 Å². The third kappa shape index (κ3) is 3.64. The van der Waals surface area contributed by atoms with Crippen molar-refractivity contribution in [2.24, 2.45) is 0 Å². The van der Waals surface area contributed by atoms with Gasteiger partial charge in [0.25, 0.3) is 0 Å². The number of rotatable bonds is 7. The summed E-state index contributed by atoms with van der Waals surface area (Å²) in [6.45, 7) is 6.46. The Hall–Kier alpha value is -1.22. The van der Waals surface area contributed by atoms with E-state index in [9.17, 15) is 0 Å². The van der Waals surface area contributed by atoms with Crippen LogP contribution in [-0.2, 0) is 0 Å². The van der Waals surface area contributed by atoms with E-state index in [1.54, 1.807) is 7.11 Å². The average molecular weight is 250 g/mol. The molecule has 0 aromatic heterocycles. The molecule has 18 heavy (non-hydrogen) atoms. The Balaban J connectivity index is 2.68. The van der Waals surface area contributed by atoms with E-state index in [-0.39, 0.29) is 0 Å². The highest BCUT2D eigenvalue weighted by atomic mass is 16.5. The van der Waals surface area contributed by atoms with Crippen LogP contribution in [-0.4, -0.2) is 34.3 Å². The van der Waals surface area contributed by atoms with Crippen LogP contribution in [0.2, 0.25) is 0 Å². The fourth-order valence-corrected chi connectivity index (χ4v) is 2.19. The minimum atomic E-state index is 0.972. The minimum Gasteiger partial charge on any atom is -0.496 e. The van der Waals surface area contributed by atoms with E-state index in [0.717, 1.165) is 18.8 Å². The summed E-state index contributed by atoms with van der Waals surface area (Å²) in [4.78, 5) is 2.33. The van der Waals surface area contributed by atoms with Crippen molar-refractivity contribution in [2.75, 3.05) is 39.2 Å². The molecule has 1 aromatic rings. The molecule has 0 aliphatic rings. The lowest BCUT2D eigenvalue weighted by Crippen LogP contribution is -2.21. The second kappa shape index (κ2) is 7.27. The zero-order valence-electron chi connectivity index (χ0n) is 12.3. The summed E-state index contributed by atoms with van der Waals surface area (Å²) in [6, 6.07) is 4.21. The van der Waals surface area contributed by atoms with Gasteiger partial charge in [0, 0.05) is 19.3 Å². The Labute approximate surface area is 111 Å². The lowest BCUT2D eigenvalue weighted by atomic mass is 10.1. The smallest absolute Gasteiger partial charge is 0.122 e. The van der Waals surface area contributed by atoms with Crippen molar-refractivity contribution >= 4 is 5.69 Å². The van der Waals surface area contributed by atoms with Gasteiger partial charge in [0.2, 0.25) is 0 Å². The van der Waals surface area contributed by atoms with Gasteiger partial charge in [0.05, 0.1) is 7.11 Å². The third-order valence-corrected chi connectivity index (χ3v) is 3.51. The molecule has 0 radical (unpaired) electrons. The topological polar surface area (TPSA) is 24.5 Å². The van der Waals surface area contributed by atoms with Crippen molar-refractivity contribution < 1.29 is 4.74 Å². The molecule has 3 nitrogen and oxygen atoms in total. The zero-order valence-corrected chi connectivity index (χ0v) is 12.3. The van der Waals surface area contributed by atoms with Crippen LogP contribution in [0.15, 0.2) is 12.1 Å². The van der Waals surface area contributed by atoms with Crippen molar-refractivity contribution in [3.05, 3.63) is 23.3 Å². The van der Waals surface area contributed by atoms with E-state index in [0.29, 0.717) is 0 Å². The highest BCUT2D eigenvalue weighted by Gasteiger charge is 2.09. The SMILES string of the molecule is CNCCCCN(C)c1ccc(OC)c(C)c1C. The summed E-state index contributed by atoms with van der Waals surface area (Å²) < 4.78 is 5.35. The van der Waals surface area contributed by atoms with Gasteiger partial charge in [-0.1, -0.05) is 0 Å². The average Bonchev–Trinajstić information content (AvgIpc) is 2.37. The second-order valence-electron chi connectivity index (χ2n) is 4.77. The predicted molar refractivity (Wildman–Crippen MR) is 78.9 cm³/mol. The number of benzene rings is 1. The Morgan fingerprint density at radius 1 is 1.17 bits per heavy atom. The molecule has 0 saturated heterocycles. The van der Waals surface area contributed by atoms with Gasteiger partial charge in [-0.15, -0.1) is 0 Å². The van der Waals surface area contributed by atoms with Gasteiger partial charge in [0.15, 0.2) is 0 Å². The first kappa shape index (κ1) is 14.8. The Morgan fingerprint density at radius 3 is 2.50 bits per heavy atom. The quantitative estimate of drug-likeness (QED) is 0.753. The van der Waals surface area contributed by atoms with Gasteiger partial charge in [-0.3, -0.25) is 0 Å². The molecular formula is C15H26N2O. The summed E-state index contributed by atoms with van der Waals surface area (Å²) in [7, 11) is 5.89. The molecule has 0 bridgehead atoms. The Kier molecular flexibility index (Phi) is 5.99. The number of methoxy groups -OCH3 is 1. The minimum absolute atomic E-state index is 0.972. The first-order valence-electron chi connectivity index (χ1n) is 6.61. The number of nitrogens with zero attached hydrogens (tertiary/aromatic N) is 1. The molecule has 0 amide bonds. The number of ether oxygens (including phenoxy) is 1. The van der Waals surface area contributed by atoms with Gasteiger partial charge < -0.3 is 15.0 Å². The maximum Gasteiger partial charge on any atom is 0.122 e. The van der Waals surface area contributed by atoms with E-state index >= 15 is 0 Å². The van der Waals surface area contributed by atoms with Crippen LogP contribution in [0.5, 0.6) is 5.75 Å². The number of unbranched alkanes of at least 4 members (excludes halogenated alkanes) is 1. The number of anilines is 1. The second-order valence-corrected chi connectivity index (χ2v) is 4.77. The Morgan fingerprint density at radius 2 is 1.89 bits per heavy atom. The molecule has 0 fully saturated rings. The fourth-order valence-electron chi connectivity index (χ4n) is 2.19. The van der Waals surface area contributed by atoms with Crippen LogP contribution < -0.4 is 15.0 Å². The standard InChI is InChI=1S/C15H26N2O/c1-12-13(2)15(18-5)9-8-14(12)17(4)11-7-6-10-16-3/h8-9,16H,6-7,10-11H2,1-5H3. The molecule has 0 aliphatic heterocycles. The molecule has 3 heteroatoms. The van der Waals surface area contributed by atoms with Crippen LogP contribution in [0.1, 0.15) is 24.0 Å². The fraction of sp³-hybridized carbons (Fsp3) is 0.600. The summed E-state index contributed by atoms with van der Waals surface area (Å²) >= 11 is 0. The van der Waals surface area contributed by atoms with Crippen LogP contribution >= 0.6 is 0 Å². The van der Waals surface area contributed by atoms with Crippen molar-refractivity contribution in [3.63, 3.8) is 0 Å². The number of hydrogen-bond donors (Lipinski definition) is 1. The first-order chi connectivity index (χ1) is 8.61. The van der Waals surface area contributed by atoms with Gasteiger partial charge in [-0.05, 0) is 63.5 Å². The molecular weight excluding hydrogens is 224 g/mol. The molecule has 102 valence electrons. The zero-order chi connectivity index (χ0) is 13.5. The van der Waals surface area contributed by atoms with E-state index in [4.69, 9.17) is 4.74 Å². The monoisotopic (exact) mass is 250 g/mol. The normalized spacial score (nSPS) is 10.5. The third-order valence-electron chi connectivity index (χ3n) is 3.51. The van der Waals surface area contributed by atoms with Gasteiger partial charge in [-0.25, -0.2) is 0 Å². The predicted octanol–water partition coefficient (Wildman–Crippen LogP) is 2.75. The summed E-state index contributed by atoms with van der Waals surface area (Å²) in [5.41, 5.74) is 3.85. The molecule has 1 aromatic carbocycles. The first-order valence-corrected chi connectivity index (χ1v) is 6.61. The van der Waals surface area contributed by atoms with E-state index in [1.165, 1.54) is 29.7 Å². The number of hydrogen-bond acceptors (Lipinski definition) is 3. The van der Waals surface area contributed by atoms with E-state index < -0.39 is 0 Å². The van der Waals surface area contributed by atoms with Crippen LogP contribution in [0.4, 0.5) is 5.69 Å². The van der Waals surface area contributed by atoms with E-state index in [1.807, 2.05) is 7.05 Å². The van der Waals surface area contributed by atoms with Crippen LogP contribution in [0.3, 0.4) is 0 Å². The lowest BCUT2D eigenvalue weighted by molar-refractivity contribution is 0.411. The molecule has 0 unspecified atom stereocenters. The maximum atomic E-state index is 5.35. The van der Waals surface area contributed by atoms with Crippen molar-refractivity contribution in [1.29, 1.82) is 0 Å². The number of nitrogens with one attached hydrogen (secondary N) is 1. The Bertz CT molecular complexity index is 377. The highest BCUT2D eigenvalue weighted by Crippen LogP contribution is 2.29. The van der Waals surface area contributed by atoms with Gasteiger partial charge in [-0.2, -0.15) is 0 Å². The molecule has 0 saturated carbocycles. The van der Waals surface area contributed by atoms with Crippen LogP contribution in [0, 0.1) is 13.8 Å². The molecule has 1 N–H and O–H groups in total. The molecule has 0 heterocycles. The van der Waals surface area contributed by atoms with Crippen molar-refractivity contribution in [2.45, 2.75) is 26.7 Å². The van der Waals surface area contributed by atoms with Crippen LogP contribution in [0.25, 0.3) is 0 Å². The largest absolute Gasteiger partial charge is 0.496 e. The lowest BCUT2D eigenvalue weighted by Gasteiger charge is -2.23.